The second kappa shape index (κ2) is 4.14. The van der Waals surface area contributed by atoms with Gasteiger partial charge in [0.15, 0.2) is 5.78 Å². The summed E-state index contributed by atoms with van der Waals surface area (Å²) in [5.41, 5.74) is 0.0503. The molecule has 1 N–H and O–H groups in total. The molecule has 0 radical (unpaired) electrons. The fraction of sp³-hybridized carbons (Fsp3) is 0.300. The van der Waals surface area contributed by atoms with Gasteiger partial charge in [-0.3, -0.25) is 4.79 Å². The Morgan fingerprint density at radius 2 is 2.15 bits per heavy atom. The third-order valence-corrected chi connectivity index (χ3v) is 1.85. The van der Waals surface area contributed by atoms with E-state index in [1.807, 2.05) is 0 Å². The van der Waals surface area contributed by atoms with Crippen molar-refractivity contribution in [1.29, 1.82) is 0 Å². The minimum absolute atomic E-state index is 0.0503. The molecule has 3 heteroatoms. The van der Waals surface area contributed by atoms with Crippen LogP contribution in [0.25, 0.3) is 0 Å². The summed E-state index contributed by atoms with van der Waals surface area (Å²) in [5.74, 6) is -0.915. The summed E-state index contributed by atoms with van der Waals surface area (Å²) in [4.78, 5) is 11.0. The molecule has 1 aromatic carbocycles. The first-order valence-corrected chi connectivity index (χ1v) is 4.12. The molecule has 0 aliphatic carbocycles. The molecular formula is C10H11FO2. The number of benzene rings is 1. The molecule has 0 saturated heterocycles. The van der Waals surface area contributed by atoms with E-state index in [1.165, 1.54) is 18.2 Å². The largest absolute Gasteiger partial charge is 0.380 e. The molecule has 70 valence electrons. The van der Waals surface area contributed by atoms with E-state index in [9.17, 15) is 14.3 Å². The van der Waals surface area contributed by atoms with Gasteiger partial charge in [-0.1, -0.05) is 25.1 Å². The number of rotatable bonds is 3. The fourth-order valence-electron chi connectivity index (χ4n) is 1.06. The predicted molar refractivity (Wildman–Crippen MR) is 46.7 cm³/mol. The second-order valence-corrected chi connectivity index (χ2v) is 2.74. The van der Waals surface area contributed by atoms with E-state index >= 15 is 0 Å². The highest BCUT2D eigenvalue weighted by molar-refractivity contribution is 5.83. The van der Waals surface area contributed by atoms with Crippen molar-refractivity contribution in [3.05, 3.63) is 35.6 Å². The van der Waals surface area contributed by atoms with Crippen molar-refractivity contribution in [2.75, 3.05) is 0 Å². The summed E-state index contributed by atoms with van der Waals surface area (Å²) in [6.07, 6.45) is -1.12. The van der Waals surface area contributed by atoms with Gasteiger partial charge < -0.3 is 5.11 Å². The number of carbonyl (C=O) groups excluding carboxylic acids is 1. The number of carbonyl (C=O) groups is 1. The van der Waals surface area contributed by atoms with Gasteiger partial charge in [0, 0.05) is 12.0 Å². The van der Waals surface area contributed by atoms with Crippen molar-refractivity contribution >= 4 is 5.78 Å². The van der Waals surface area contributed by atoms with Crippen LogP contribution in [-0.4, -0.2) is 10.9 Å². The average molecular weight is 182 g/mol. The summed E-state index contributed by atoms with van der Waals surface area (Å²) in [7, 11) is 0. The molecule has 1 aromatic rings. The summed E-state index contributed by atoms with van der Waals surface area (Å²) >= 11 is 0. The van der Waals surface area contributed by atoms with Crippen molar-refractivity contribution < 1.29 is 14.3 Å². The Balaban J connectivity index is 2.95. The summed E-state index contributed by atoms with van der Waals surface area (Å²) in [6.45, 7) is 1.63. The number of halogens is 1. The smallest absolute Gasteiger partial charge is 0.165 e. The Labute approximate surface area is 76.0 Å². The van der Waals surface area contributed by atoms with Crippen molar-refractivity contribution in [1.82, 2.24) is 0 Å². The maximum absolute atomic E-state index is 13.0. The van der Waals surface area contributed by atoms with Crippen LogP contribution in [0, 0.1) is 5.82 Å². The van der Waals surface area contributed by atoms with Gasteiger partial charge >= 0.3 is 0 Å². The van der Waals surface area contributed by atoms with Crippen molar-refractivity contribution in [2.24, 2.45) is 0 Å². The lowest BCUT2D eigenvalue weighted by atomic mass is 10.0. The molecule has 0 aliphatic rings. The second-order valence-electron chi connectivity index (χ2n) is 2.74. The number of aliphatic hydroxyl groups excluding tert-OH is 1. The van der Waals surface area contributed by atoms with E-state index in [-0.39, 0.29) is 17.8 Å². The molecule has 0 bridgehead atoms. The van der Waals surface area contributed by atoms with Crippen LogP contribution < -0.4 is 0 Å². The van der Waals surface area contributed by atoms with Crippen LogP contribution in [0.2, 0.25) is 0 Å². The Hall–Kier alpha value is -1.22. The van der Waals surface area contributed by atoms with Crippen molar-refractivity contribution in [3.8, 4) is 0 Å². The first kappa shape index (κ1) is 9.86. The molecule has 13 heavy (non-hydrogen) atoms. The highest BCUT2D eigenvalue weighted by atomic mass is 19.1. The Kier molecular flexibility index (Phi) is 3.14. The predicted octanol–water partition coefficient (Wildman–Crippen LogP) is 1.84. The minimum Gasteiger partial charge on any atom is -0.380 e. The van der Waals surface area contributed by atoms with Crippen LogP contribution >= 0.6 is 0 Å². The third-order valence-electron chi connectivity index (χ3n) is 1.85. The lowest BCUT2D eigenvalue weighted by Crippen LogP contribution is -2.11. The summed E-state index contributed by atoms with van der Waals surface area (Å²) < 4.78 is 13.0. The summed E-state index contributed by atoms with van der Waals surface area (Å²) in [5, 5.41) is 9.38. The molecule has 1 rings (SSSR count). The lowest BCUT2D eigenvalue weighted by Gasteiger charge is -2.08. The average Bonchev–Trinajstić information content (AvgIpc) is 2.16. The number of ketones is 1. The van der Waals surface area contributed by atoms with Gasteiger partial charge in [0.25, 0.3) is 0 Å². The lowest BCUT2D eigenvalue weighted by molar-refractivity contribution is -0.127. The van der Waals surface area contributed by atoms with Crippen LogP contribution in [0.15, 0.2) is 24.3 Å². The minimum atomic E-state index is -1.33. The molecule has 0 fully saturated rings. The van der Waals surface area contributed by atoms with E-state index in [0.29, 0.717) is 0 Å². The van der Waals surface area contributed by atoms with Gasteiger partial charge in [0.1, 0.15) is 11.9 Å². The number of hydrogen-bond acceptors (Lipinski definition) is 2. The first-order chi connectivity index (χ1) is 6.16. The number of hydrogen-bond donors (Lipinski definition) is 1. The van der Waals surface area contributed by atoms with Crippen LogP contribution in [0.3, 0.4) is 0 Å². The molecule has 0 spiro atoms. The molecule has 0 saturated carbocycles. The van der Waals surface area contributed by atoms with Crippen molar-refractivity contribution in [3.63, 3.8) is 0 Å². The number of aliphatic hydroxyl groups is 1. The van der Waals surface area contributed by atoms with Gasteiger partial charge in [-0.2, -0.15) is 0 Å². The van der Waals surface area contributed by atoms with Crippen LogP contribution in [0.1, 0.15) is 25.0 Å². The highest BCUT2D eigenvalue weighted by Gasteiger charge is 2.18. The van der Waals surface area contributed by atoms with E-state index in [4.69, 9.17) is 0 Å². The molecule has 0 unspecified atom stereocenters. The molecule has 1 atom stereocenters. The first-order valence-electron chi connectivity index (χ1n) is 4.12. The molecule has 0 amide bonds. The van der Waals surface area contributed by atoms with Crippen LogP contribution in [0.4, 0.5) is 4.39 Å². The third kappa shape index (κ3) is 2.12. The van der Waals surface area contributed by atoms with E-state index in [2.05, 4.69) is 0 Å². The Morgan fingerprint density at radius 1 is 1.54 bits per heavy atom. The monoisotopic (exact) mass is 182 g/mol. The Bertz CT molecular complexity index is 310. The highest BCUT2D eigenvalue weighted by Crippen LogP contribution is 2.18. The SMILES string of the molecule is CCC(=O)[C@@H](O)c1ccccc1F. The molecule has 2 nitrogen and oxygen atoms in total. The Morgan fingerprint density at radius 3 is 2.69 bits per heavy atom. The quantitative estimate of drug-likeness (QED) is 0.774. The maximum atomic E-state index is 13.0. The zero-order valence-electron chi connectivity index (χ0n) is 7.33. The fourth-order valence-corrected chi connectivity index (χ4v) is 1.06. The summed E-state index contributed by atoms with van der Waals surface area (Å²) in [6, 6.07) is 5.74. The maximum Gasteiger partial charge on any atom is 0.165 e. The number of Topliss-reactive ketones (excluding diaryl/α,β-unsaturated/α-hetero) is 1. The van der Waals surface area contributed by atoms with E-state index < -0.39 is 11.9 Å². The normalized spacial score (nSPS) is 12.5. The molecule has 0 aromatic heterocycles. The van der Waals surface area contributed by atoms with Gasteiger partial charge in [-0.15, -0.1) is 0 Å². The molecule has 0 aliphatic heterocycles. The van der Waals surface area contributed by atoms with E-state index in [0.717, 1.165) is 0 Å². The van der Waals surface area contributed by atoms with Gasteiger partial charge in [0.05, 0.1) is 0 Å². The van der Waals surface area contributed by atoms with E-state index in [1.54, 1.807) is 13.0 Å². The standard InChI is InChI=1S/C10H11FO2/c1-2-9(12)10(13)7-5-3-4-6-8(7)11/h3-6,10,13H,2H2,1H3/t10-/m0/s1. The van der Waals surface area contributed by atoms with Crippen molar-refractivity contribution in [2.45, 2.75) is 19.4 Å². The molecular weight excluding hydrogens is 171 g/mol. The van der Waals surface area contributed by atoms with Crippen LogP contribution in [-0.2, 0) is 4.79 Å². The van der Waals surface area contributed by atoms with Gasteiger partial charge in [-0.05, 0) is 6.07 Å². The van der Waals surface area contributed by atoms with Crippen LogP contribution in [0.5, 0.6) is 0 Å². The zero-order valence-corrected chi connectivity index (χ0v) is 7.33. The molecule has 0 heterocycles. The topological polar surface area (TPSA) is 37.3 Å². The van der Waals surface area contributed by atoms with Gasteiger partial charge in [-0.25, -0.2) is 4.39 Å². The zero-order chi connectivity index (χ0) is 9.84. The van der Waals surface area contributed by atoms with Gasteiger partial charge in [0.2, 0.25) is 0 Å².